The van der Waals surface area contributed by atoms with Crippen molar-refractivity contribution in [2.45, 2.75) is 38.2 Å². The van der Waals surface area contributed by atoms with Gasteiger partial charge in [-0.3, -0.25) is 9.59 Å². The molecule has 3 aromatic carbocycles. The number of nitrogens with one attached hydrogen (secondary N) is 2. The molecule has 6 nitrogen and oxygen atoms in total. The minimum atomic E-state index is -4.91. The second kappa shape index (κ2) is 12.7. The van der Waals surface area contributed by atoms with Crippen molar-refractivity contribution in [1.29, 1.82) is 0 Å². The molecule has 2 unspecified atom stereocenters. The van der Waals surface area contributed by atoms with E-state index in [0.717, 1.165) is 11.6 Å². The lowest BCUT2D eigenvalue weighted by molar-refractivity contribution is -0.274. The van der Waals surface area contributed by atoms with Crippen molar-refractivity contribution in [3.63, 3.8) is 0 Å². The first-order valence-corrected chi connectivity index (χ1v) is 13.0. The molecule has 212 valence electrons. The number of hydrogen-bond donors (Lipinski definition) is 2. The van der Waals surface area contributed by atoms with Crippen LogP contribution in [0, 0.1) is 5.82 Å². The van der Waals surface area contributed by atoms with Gasteiger partial charge in [-0.25, -0.2) is 4.39 Å². The van der Waals surface area contributed by atoms with Gasteiger partial charge in [0.1, 0.15) is 11.6 Å². The topological polar surface area (TPSA) is 70.7 Å². The van der Waals surface area contributed by atoms with E-state index < -0.39 is 17.9 Å². The van der Waals surface area contributed by atoms with Crippen LogP contribution in [0.3, 0.4) is 0 Å². The van der Waals surface area contributed by atoms with Gasteiger partial charge in [0.15, 0.2) is 0 Å². The summed E-state index contributed by atoms with van der Waals surface area (Å²) < 4.78 is 58.4. The van der Waals surface area contributed by atoms with Gasteiger partial charge in [-0.05, 0) is 47.9 Å². The Kier molecular flexibility index (Phi) is 9.32. The standard InChI is InChI=1S/C29H28ClF4N3O3/c1-18(38)35-16-28(39)37-12-11-26(24(17-37)19-5-3-2-4-6-19)36-15-21-13-20(7-10-27(21)40-29(32,33)34)23-9-8-22(30)14-25(23)31/h2-10,13-14,24,26,36H,11-12,15-17H2,1H3,(H,35,38). The number of benzene rings is 3. The van der Waals surface area contributed by atoms with E-state index in [4.69, 9.17) is 11.6 Å². The molecule has 11 heteroatoms. The van der Waals surface area contributed by atoms with Crippen LogP contribution in [0.15, 0.2) is 66.7 Å². The molecule has 0 aromatic heterocycles. The van der Waals surface area contributed by atoms with Crippen LogP contribution in [0.5, 0.6) is 5.75 Å². The molecule has 0 spiro atoms. The van der Waals surface area contributed by atoms with E-state index in [-0.39, 0.29) is 53.0 Å². The van der Waals surface area contributed by atoms with Gasteiger partial charge in [0.05, 0.1) is 6.54 Å². The summed E-state index contributed by atoms with van der Waals surface area (Å²) in [6.07, 6.45) is -4.39. The van der Waals surface area contributed by atoms with Crippen molar-refractivity contribution in [2.75, 3.05) is 19.6 Å². The fourth-order valence-electron chi connectivity index (χ4n) is 4.85. The normalized spacial score (nSPS) is 17.4. The minimum Gasteiger partial charge on any atom is -0.405 e. The monoisotopic (exact) mass is 577 g/mol. The number of hydrogen-bond acceptors (Lipinski definition) is 4. The molecule has 3 aromatic rings. The van der Waals surface area contributed by atoms with E-state index in [2.05, 4.69) is 15.4 Å². The summed E-state index contributed by atoms with van der Waals surface area (Å²) in [4.78, 5) is 25.6. The molecule has 0 aliphatic carbocycles. The number of likely N-dealkylation sites (tertiary alicyclic amines) is 1. The van der Waals surface area contributed by atoms with Crippen LogP contribution in [0.4, 0.5) is 17.6 Å². The van der Waals surface area contributed by atoms with Crippen molar-refractivity contribution >= 4 is 23.4 Å². The molecular formula is C29H28ClF4N3O3. The number of carbonyl (C=O) groups is 2. The quantitative estimate of drug-likeness (QED) is 0.339. The molecule has 40 heavy (non-hydrogen) atoms. The number of rotatable bonds is 8. The van der Waals surface area contributed by atoms with Crippen molar-refractivity contribution in [1.82, 2.24) is 15.5 Å². The molecule has 1 aliphatic heterocycles. The predicted molar refractivity (Wildman–Crippen MR) is 143 cm³/mol. The van der Waals surface area contributed by atoms with Gasteiger partial charge in [0, 0.05) is 54.7 Å². The largest absolute Gasteiger partial charge is 0.573 e. The molecule has 1 saturated heterocycles. The maximum atomic E-state index is 14.6. The summed E-state index contributed by atoms with van der Waals surface area (Å²) >= 11 is 5.86. The lowest BCUT2D eigenvalue weighted by atomic mass is 9.85. The Balaban J connectivity index is 1.58. The Hall–Kier alpha value is -3.63. The maximum Gasteiger partial charge on any atom is 0.573 e. The van der Waals surface area contributed by atoms with E-state index in [1.54, 1.807) is 4.90 Å². The van der Waals surface area contributed by atoms with Crippen LogP contribution >= 0.6 is 11.6 Å². The van der Waals surface area contributed by atoms with Crippen LogP contribution in [0.1, 0.15) is 30.4 Å². The molecule has 1 fully saturated rings. The highest BCUT2D eigenvalue weighted by atomic mass is 35.5. The average Bonchev–Trinajstić information content (AvgIpc) is 2.91. The number of nitrogens with zero attached hydrogens (tertiary/aromatic N) is 1. The third-order valence-electron chi connectivity index (χ3n) is 6.76. The minimum absolute atomic E-state index is 0.00228. The average molecular weight is 578 g/mol. The highest BCUT2D eigenvalue weighted by Crippen LogP contribution is 2.34. The van der Waals surface area contributed by atoms with E-state index in [1.165, 1.54) is 37.3 Å². The first kappa shape index (κ1) is 29.4. The number of amides is 2. The second-order valence-corrected chi connectivity index (χ2v) is 9.97. The summed E-state index contributed by atoms with van der Waals surface area (Å²) in [5.41, 5.74) is 1.72. The van der Waals surface area contributed by atoms with Crippen LogP contribution in [0.2, 0.25) is 5.02 Å². The van der Waals surface area contributed by atoms with Gasteiger partial charge in [0.25, 0.3) is 0 Å². The number of alkyl halides is 3. The number of ether oxygens (including phenoxy) is 1. The molecule has 0 saturated carbocycles. The van der Waals surface area contributed by atoms with Crippen molar-refractivity contribution in [3.8, 4) is 16.9 Å². The molecule has 2 N–H and O–H groups in total. The molecule has 0 radical (unpaired) electrons. The Bertz CT molecular complexity index is 1350. The zero-order valence-electron chi connectivity index (χ0n) is 21.6. The van der Waals surface area contributed by atoms with E-state index in [0.29, 0.717) is 25.1 Å². The van der Waals surface area contributed by atoms with Gasteiger partial charge in [-0.2, -0.15) is 0 Å². The van der Waals surface area contributed by atoms with Crippen LogP contribution < -0.4 is 15.4 Å². The predicted octanol–water partition coefficient (Wildman–Crippen LogP) is 5.66. The summed E-state index contributed by atoms with van der Waals surface area (Å²) in [5.74, 6) is -1.68. The maximum absolute atomic E-state index is 14.6. The molecule has 2 atom stereocenters. The first-order valence-electron chi connectivity index (χ1n) is 12.6. The van der Waals surface area contributed by atoms with Crippen LogP contribution in [-0.4, -0.2) is 48.8 Å². The summed E-state index contributed by atoms with van der Waals surface area (Å²) in [6.45, 7) is 2.00. The van der Waals surface area contributed by atoms with E-state index in [9.17, 15) is 27.2 Å². The van der Waals surface area contributed by atoms with Gasteiger partial charge in [0.2, 0.25) is 11.8 Å². The third-order valence-corrected chi connectivity index (χ3v) is 7.00. The number of halogens is 5. The first-order chi connectivity index (χ1) is 19.0. The van der Waals surface area contributed by atoms with Gasteiger partial charge in [-0.15, -0.1) is 13.2 Å². The van der Waals surface area contributed by atoms with Gasteiger partial charge < -0.3 is 20.3 Å². The Labute approximate surface area is 234 Å². The van der Waals surface area contributed by atoms with Crippen LogP contribution in [0.25, 0.3) is 11.1 Å². The molecule has 1 heterocycles. The second-order valence-electron chi connectivity index (χ2n) is 9.54. The summed E-state index contributed by atoms with van der Waals surface area (Å²) in [6, 6.07) is 17.4. The molecule has 4 rings (SSSR count). The number of carbonyl (C=O) groups excluding carboxylic acids is 2. The lowest BCUT2D eigenvalue weighted by Crippen LogP contribution is -2.51. The lowest BCUT2D eigenvalue weighted by Gasteiger charge is -2.39. The summed E-state index contributed by atoms with van der Waals surface area (Å²) in [5, 5.41) is 6.08. The Morgan fingerprint density at radius 2 is 1.82 bits per heavy atom. The van der Waals surface area contributed by atoms with E-state index in [1.807, 2.05) is 30.3 Å². The SMILES string of the molecule is CC(=O)NCC(=O)N1CCC(NCc2cc(-c3ccc(Cl)cc3F)ccc2OC(F)(F)F)C(c2ccccc2)C1. The van der Waals surface area contributed by atoms with Gasteiger partial charge >= 0.3 is 6.36 Å². The molecular weight excluding hydrogens is 550 g/mol. The van der Waals surface area contributed by atoms with E-state index >= 15 is 0 Å². The fourth-order valence-corrected chi connectivity index (χ4v) is 5.01. The number of piperidine rings is 1. The highest BCUT2D eigenvalue weighted by molar-refractivity contribution is 6.30. The highest BCUT2D eigenvalue weighted by Gasteiger charge is 2.34. The Morgan fingerprint density at radius 3 is 2.50 bits per heavy atom. The van der Waals surface area contributed by atoms with Crippen LogP contribution in [-0.2, 0) is 16.1 Å². The van der Waals surface area contributed by atoms with Crippen molar-refractivity contribution in [2.24, 2.45) is 0 Å². The molecule has 0 bridgehead atoms. The van der Waals surface area contributed by atoms with Gasteiger partial charge in [-0.1, -0.05) is 48.0 Å². The molecule has 1 aliphatic rings. The zero-order chi connectivity index (χ0) is 28.9. The smallest absolute Gasteiger partial charge is 0.405 e. The summed E-state index contributed by atoms with van der Waals surface area (Å²) in [7, 11) is 0. The fraction of sp³-hybridized carbons (Fsp3) is 0.310. The third kappa shape index (κ3) is 7.73. The van der Waals surface area contributed by atoms with Crippen molar-refractivity contribution in [3.05, 3.63) is 88.7 Å². The van der Waals surface area contributed by atoms with Crippen molar-refractivity contribution < 1.29 is 31.9 Å². The molecule has 2 amide bonds. The zero-order valence-corrected chi connectivity index (χ0v) is 22.4. The Morgan fingerprint density at radius 1 is 1.07 bits per heavy atom.